The molecular formula is C17H20FN3O2S. The molecule has 0 aliphatic carbocycles. The van der Waals surface area contributed by atoms with Crippen LogP contribution in [0.4, 0.5) is 4.39 Å². The van der Waals surface area contributed by atoms with Crippen molar-refractivity contribution < 1.29 is 13.9 Å². The average molecular weight is 349 g/mol. The van der Waals surface area contributed by atoms with Gasteiger partial charge in [-0.3, -0.25) is 9.69 Å². The van der Waals surface area contributed by atoms with Gasteiger partial charge >= 0.3 is 0 Å². The molecule has 24 heavy (non-hydrogen) atoms. The van der Waals surface area contributed by atoms with Crippen LogP contribution < -0.4 is 5.32 Å². The first-order valence-electron chi connectivity index (χ1n) is 7.96. The second kappa shape index (κ2) is 7.83. The van der Waals surface area contributed by atoms with E-state index in [0.29, 0.717) is 22.8 Å². The number of nitrogens with zero attached hydrogens (tertiary/aromatic N) is 2. The molecule has 2 heterocycles. The lowest BCUT2D eigenvalue weighted by atomic mass is 10.2. The van der Waals surface area contributed by atoms with E-state index in [0.717, 1.165) is 37.7 Å². The molecule has 0 spiro atoms. The zero-order chi connectivity index (χ0) is 16.9. The lowest BCUT2D eigenvalue weighted by molar-refractivity contribution is 0.0383. The number of halogens is 1. The van der Waals surface area contributed by atoms with Crippen LogP contribution in [0.25, 0.3) is 10.6 Å². The second-order valence-electron chi connectivity index (χ2n) is 5.61. The molecule has 7 heteroatoms. The van der Waals surface area contributed by atoms with Gasteiger partial charge in [0.25, 0.3) is 5.91 Å². The van der Waals surface area contributed by atoms with Gasteiger partial charge in [0, 0.05) is 36.6 Å². The lowest BCUT2D eigenvalue weighted by Crippen LogP contribution is -2.41. The van der Waals surface area contributed by atoms with Crippen molar-refractivity contribution in [2.24, 2.45) is 0 Å². The quantitative estimate of drug-likeness (QED) is 0.900. The minimum atomic E-state index is -0.328. The first-order chi connectivity index (χ1) is 11.6. The molecule has 1 N–H and O–H groups in total. The molecule has 5 nitrogen and oxygen atoms in total. The van der Waals surface area contributed by atoms with E-state index in [9.17, 15) is 9.18 Å². The fourth-order valence-electron chi connectivity index (χ4n) is 2.59. The van der Waals surface area contributed by atoms with Crippen molar-refractivity contribution >= 4 is 17.2 Å². The Labute approximate surface area is 144 Å². The van der Waals surface area contributed by atoms with Crippen LogP contribution in [0.1, 0.15) is 15.4 Å². The van der Waals surface area contributed by atoms with Crippen molar-refractivity contribution in [3.05, 3.63) is 40.7 Å². The van der Waals surface area contributed by atoms with Gasteiger partial charge in [-0.15, -0.1) is 11.3 Å². The van der Waals surface area contributed by atoms with Crippen LogP contribution in [0.5, 0.6) is 0 Å². The topological polar surface area (TPSA) is 54.5 Å². The van der Waals surface area contributed by atoms with Gasteiger partial charge in [0.15, 0.2) is 0 Å². The molecule has 1 saturated heterocycles. The first kappa shape index (κ1) is 17.0. The molecular weight excluding hydrogens is 329 g/mol. The number of aromatic nitrogens is 1. The van der Waals surface area contributed by atoms with Gasteiger partial charge in [-0.1, -0.05) is 12.1 Å². The lowest BCUT2D eigenvalue weighted by Gasteiger charge is -2.26. The third kappa shape index (κ3) is 3.98. The molecule has 1 aliphatic heterocycles. The Kier molecular flexibility index (Phi) is 5.55. The van der Waals surface area contributed by atoms with Crippen LogP contribution in [-0.2, 0) is 4.74 Å². The van der Waals surface area contributed by atoms with E-state index in [4.69, 9.17) is 4.74 Å². The molecule has 1 aromatic heterocycles. The predicted octanol–water partition coefficient (Wildman–Crippen LogP) is 2.32. The van der Waals surface area contributed by atoms with E-state index in [1.54, 1.807) is 18.2 Å². The highest BCUT2D eigenvalue weighted by Gasteiger charge is 2.18. The minimum absolute atomic E-state index is 0.209. The second-order valence-corrected chi connectivity index (χ2v) is 6.82. The molecule has 0 atom stereocenters. The number of amides is 1. The number of carbonyl (C=O) groups excluding carboxylic acids is 1. The van der Waals surface area contributed by atoms with Crippen LogP contribution in [0.15, 0.2) is 24.3 Å². The molecule has 0 radical (unpaired) electrons. The van der Waals surface area contributed by atoms with E-state index in [1.165, 1.54) is 17.4 Å². The average Bonchev–Trinajstić information content (AvgIpc) is 2.98. The normalized spacial score (nSPS) is 15.4. The summed E-state index contributed by atoms with van der Waals surface area (Å²) >= 11 is 1.33. The Morgan fingerprint density at radius 1 is 1.38 bits per heavy atom. The summed E-state index contributed by atoms with van der Waals surface area (Å²) in [5.41, 5.74) is 0.804. The van der Waals surface area contributed by atoms with Crippen molar-refractivity contribution in [3.8, 4) is 10.6 Å². The molecule has 1 amide bonds. The molecule has 128 valence electrons. The van der Waals surface area contributed by atoms with Gasteiger partial charge in [0.2, 0.25) is 0 Å². The number of hydrogen-bond acceptors (Lipinski definition) is 5. The van der Waals surface area contributed by atoms with E-state index in [1.807, 2.05) is 6.92 Å². The highest BCUT2D eigenvalue weighted by atomic mass is 32.1. The monoisotopic (exact) mass is 349 g/mol. The summed E-state index contributed by atoms with van der Waals surface area (Å²) in [5.74, 6) is -0.537. The SMILES string of the molecule is Cc1sc(-c2ccccc2F)nc1C(=O)NCCN1CCOCC1. The van der Waals surface area contributed by atoms with E-state index in [2.05, 4.69) is 15.2 Å². The number of carbonyl (C=O) groups is 1. The number of ether oxygens (including phenoxy) is 1. The fourth-order valence-corrected chi connectivity index (χ4v) is 3.53. The van der Waals surface area contributed by atoms with E-state index < -0.39 is 0 Å². The van der Waals surface area contributed by atoms with Gasteiger partial charge in [0.05, 0.1) is 13.2 Å². The van der Waals surface area contributed by atoms with Crippen LogP contribution in [0.2, 0.25) is 0 Å². The summed E-state index contributed by atoms with van der Waals surface area (Å²) < 4.78 is 19.2. The van der Waals surface area contributed by atoms with Crippen molar-refractivity contribution in [1.82, 2.24) is 15.2 Å². The number of aryl methyl sites for hydroxylation is 1. The molecule has 2 aromatic rings. The maximum absolute atomic E-state index is 13.9. The fraction of sp³-hybridized carbons (Fsp3) is 0.412. The Balaban J connectivity index is 1.62. The van der Waals surface area contributed by atoms with Gasteiger partial charge in [-0.05, 0) is 19.1 Å². The van der Waals surface area contributed by atoms with Gasteiger partial charge in [-0.2, -0.15) is 0 Å². The molecule has 1 aromatic carbocycles. The maximum Gasteiger partial charge on any atom is 0.271 e. The first-order valence-corrected chi connectivity index (χ1v) is 8.77. The van der Waals surface area contributed by atoms with E-state index >= 15 is 0 Å². The van der Waals surface area contributed by atoms with Crippen LogP contribution >= 0.6 is 11.3 Å². The van der Waals surface area contributed by atoms with Crippen molar-refractivity contribution in [2.75, 3.05) is 39.4 Å². The van der Waals surface area contributed by atoms with Crippen LogP contribution in [-0.4, -0.2) is 55.2 Å². The van der Waals surface area contributed by atoms with Gasteiger partial charge in [-0.25, -0.2) is 9.37 Å². The summed E-state index contributed by atoms with van der Waals surface area (Å²) in [7, 11) is 0. The molecule has 0 unspecified atom stereocenters. The van der Waals surface area contributed by atoms with Crippen molar-refractivity contribution in [1.29, 1.82) is 0 Å². The maximum atomic E-state index is 13.9. The predicted molar refractivity (Wildman–Crippen MR) is 91.8 cm³/mol. The zero-order valence-electron chi connectivity index (χ0n) is 13.5. The third-order valence-electron chi connectivity index (χ3n) is 3.93. The highest BCUT2D eigenvalue weighted by molar-refractivity contribution is 7.15. The molecule has 0 saturated carbocycles. The summed E-state index contributed by atoms with van der Waals surface area (Å²) in [4.78, 5) is 19.7. The van der Waals surface area contributed by atoms with Gasteiger partial charge < -0.3 is 10.1 Å². The largest absolute Gasteiger partial charge is 0.379 e. The zero-order valence-corrected chi connectivity index (χ0v) is 14.4. The third-order valence-corrected chi connectivity index (χ3v) is 4.94. The molecule has 0 bridgehead atoms. The van der Waals surface area contributed by atoms with Crippen molar-refractivity contribution in [2.45, 2.75) is 6.92 Å². The number of benzene rings is 1. The number of nitrogens with one attached hydrogen (secondary N) is 1. The molecule has 1 fully saturated rings. The highest BCUT2D eigenvalue weighted by Crippen LogP contribution is 2.29. The summed E-state index contributed by atoms with van der Waals surface area (Å²) in [5, 5.41) is 3.43. The Bertz CT molecular complexity index is 714. The Hall–Kier alpha value is -1.83. The number of morpholine rings is 1. The van der Waals surface area contributed by atoms with Crippen molar-refractivity contribution in [3.63, 3.8) is 0 Å². The number of hydrogen-bond donors (Lipinski definition) is 1. The standard InChI is InChI=1S/C17H20FN3O2S/c1-12-15(16(22)19-6-7-21-8-10-23-11-9-21)20-17(24-12)13-4-2-3-5-14(13)18/h2-5H,6-11H2,1H3,(H,19,22). The summed E-state index contributed by atoms with van der Waals surface area (Å²) in [6.45, 7) is 6.45. The van der Waals surface area contributed by atoms with E-state index in [-0.39, 0.29) is 11.7 Å². The van der Waals surface area contributed by atoms with Crippen LogP contribution in [0.3, 0.4) is 0 Å². The Morgan fingerprint density at radius 2 is 2.12 bits per heavy atom. The summed E-state index contributed by atoms with van der Waals surface area (Å²) in [6, 6.07) is 6.47. The molecule has 3 rings (SSSR count). The number of thiazole rings is 1. The minimum Gasteiger partial charge on any atom is -0.379 e. The Morgan fingerprint density at radius 3 is 2.88 bits per heavy atom. The smallest absolute Gasteiger partial charge is 0.271 e. The molecule has 1 aliphatic rings. The summed E-state index contributed by atoms with van der Waals surface area (Å²) in [6.07, 6.45) is 0. The van der Waals surface area contributed by atoms with Gasteiger partial charge in [0.1, 0.15) is 16.5 Å². The number of rotatable bonds is 5. The van der Waals surface area contributed by atoms with Crippen LogP contribution in [0, 0.1) is 12.7 Å².